The average molecular weight is 257 g/mol. The predicted molar refractivity (Wildman–Crippen MR) is 77.6 cm³/mol. The van der Waals surface area contributed by atoms with Crippen molar-refractivity contribution in [2.24, 2.45) is 5.73 Å². The van der Waals surface area contributed by atoms with Crippen molar-refractivity contribution in [2.75, 3.05) is 14.2 Å². The maximum absolute atomic E-state index is 6.03. The van der Waals surface area contributed by atoms with Crippen molar-refractivity contribution in [3.05, 3.63) is 48.0 Å². The van der Waals surface area contributed by atoms with Crippen molar-refractivity contribution in [3.8, 4) is 22.6 Å². The Labute approximate surface area is 114 Å². The molecule has 2 aromatic rings. The average Bonchev–Trinajstić information content (AvgIpc) is 2.46. The van der Waals surface area contributed by atoms with Gasteiger partial charge in [0.2, 0.25) is 0 Å². The van der Waals surface area contributed by atoms with Gasteiger partial charge in [-0.2, -0.15) is 0 Å². The third kappa shape index (κ3) is 2.88. The van der Waals surface area contributed by atoms with Crippen LogP contribution >= 0.6 is 0 Å². The molecule has 0 heterocycles. The third-order valence-electron chi connectivity index (χ3n) is 3.11. The highest BCUT2D eigenvalue weighted by atomic mass is 16.5. The SMILES string of the molecule is COc1cc(OC)cc(-c2ccccc2C(C)N)c1. The Morgan fingerprint density at radius 1 is 0.947 bits per heavy atom. The summed E-state index contributed by atoms with van der Waals surface area (Å²) >= 11 is 0. The Hall–Kier alpha value is -2.00. The highest BCUT2D eigenvalue weighted by Gasteiger charge is 2.10. The standard InChI is InChI=1S/C16H19NO2/c1-11(17)15-6-4-5-7-16(15)12-8-13(18-2)10-14(9-12)19-3/h4-11H,17H2,1-3H3. The Balaban J connectivity index is 2.58. The lowest BCUT2D eigenvalue weighted by molar-refractivity contribution is 0.394. The van der Waals surface area contributed by atoms with Crippen LogP contribution in [0.4, 0.5) is 0 Å². The van der Waals surface area contributed by atoms with Gasteiger partial charge in [-0.25, -0.2) is 0 Å². The molecule has 2 rings (SSSR count). The van der Waals surface area contributed by atoms with Crippen molar-refractivity contribution in [3.63, 3.8) is 0 Å². The lowest BCUT2D eigenvalue weighted by Crippen LogP contribution is -2.06. The summed E-state index contributed by atoms with van der Waals surface area (Å²) in [6.07, 6.45) is 0. The lowest BCUT2D eigenvalue weighted by atomic mass is 9.95. The van der Waals surface area contributed by atoms with Crippen LogP contribution in [0.5, 0.6) is 11.5 Å². The molecule has 0 aliphatic heterocycles. The second-order valence-corrected chi connectivity index (χ2v) is 4.48. The third-order valence-corrected chi connectivity index (χ3v) is 3.11. The van der Waals surface area contributed by atoms with E-state index in [0.29, 0.717) is 0 Å². The van der Waals surface area contributed by atoms with Gasteiger partial charge in [0.15, 0.2) is 0 Å². The number of hydrogen-bond donors (Lipinski definition) is 1. The van der Waals surface area contributed by atoms with Gasteiger partial charge in [-0.05, 0) is 35.7 Å². The van der Waals surface area contributed by atoms with Crippen LogP contribution in [0.25, 0.3) is 11.1 Å². The number of benzene rings is 2. The summed E-state index contributed by atoms with van der Waals surface area (Å²) < 4.78 is 10.6. The van der Waals surface area contributed by atoms with Gasteiger partial charge in [0, 0.05) is 12.1 Å². The van der Waals surface area contributed by atoms with E-state index >= 15 is 0 Å². The van der Waals surface area contributed by atoms with Crippen LogP contribution in [-0.2, 0) is 0 Å². The smallest absolute Gasteiger partial charge is 0.123 e. The number of hydrogen-bond acceptors (Lipinski definition) is 3. The highest BCUT2D eigenvalue weighted by molar-refractivity contribution is 5.71. The Kier molecular flexibility index (Phi) is 4.07. The predicted octanol–water partition coefficient (Wildman–Crippen LogP) is 3.39. The quantitative estimate of drug-likeness (QED) is 0.913. The van der Waals surface area contributed by atoms with E-state index in [4.69, 9.17) is 15.2 Å². The van der Waals surface area contributed by atoms with E-state index in [2.05, 4.69) is 6.07 Å². The molecular formula is C16H19NO2. The number of nitrogens with two attached hydrogens (primary N) is 1. The fraction of sp³-hybridized carbons (Fsp3) is 0.250. The maximum Gasteiger partial charge on any atom is 0.123 e. The minimum atomic E-state index is -0.0200. The van der Waals surface area contributed by atoms with Gasteiger partial charge < -0.3 is 15.2 Å². The molecule has 0 aliphatic carbocycles. The zero-order valence-corrected chi connectivity index (χ0v) is 11.5. The topological polar surface area (TPSA) is 44.5 Å². The number of rotatable bonds is 4. The number of methoxy groups -OCH3 is 2. The molecule has 0 saturated heterocycles. The van der Waals surface area contributed by atoms with E-state index in [-0.39, 0.29) is 6.04 Å². The summed E-state index contributed by atoms with van der Waals surface area (Å²) in [6, 6.07) is 13.9. The van der Waals surface area contributed by atoms with Gasteiger partial charge >= 0.3 is 0 Å². The summed E-state index contributed by atoms with van der Waals surface area (Å²) in [6.45, 7) is 1.98. The molecule has 19 heavy (non-hydrogen) atoms. The molecule has 0 fully saturated rings. The first-order valence-electron chi connectivity index (χ1n) is 6.23. The maximum atomic E-state index is 6.03. The Morgan fingerprint density at radius 2 is 1.53 bits per heavy atom. The molecule has 1 atom stereocenters. The van der Waals surface area contributed by atoms with E-state index in [1.54, 1.807) is 14.2 Å². The summed E-state index contributed by atoms with van der Waals surface area (Å²) in [5.74, 6) is 1.54. The van der Waals surface area contributed by atoms with Gasteiger partial charge in [-0.1, -0.05) is 24.3 Å². The van der Waals surface area contributed by atoms with E-state index < -0.39 is 0 Å². The van der Waals surface area contributed by atoms with Gasteiger partial charge in [0.05, 0.1) is 14.2 Å². The first-order valence-corrected chi connectivity index (χ1v) is 6.23. The molecule has 2 N–H and O–H groups in total. The summed E-state index contributed by atoms with van der Waals surface area (Å²) in [5.41, 5.74) is 9.29. The Morgan fingerprint density at radius 3 is 2.05 bits per heavy atom. The molecule has 0 amide bonds. The second kappa shape index (κ2) is 5.76. The van der Waals surface area contributed by atoms with Crippen LogP contribution in [-0.4, -0.2) is 14.2 Å². The van der Waals surface area contributed by atoms with Crippen molar-refractivity contribution >= 4 is 0 Å². The van der Waals surface area contributed by atoms with Crippen LogP contribution < -0.4 is 15.2 Å². The van der Waals surface area contributed by atoms with E-state index in [1.807, 2.05) is 43.3 Å². The number of ether oxygens (including phenoxy) is 2. The molecule has 1 unspecified atom stereocenters. The van der Waals surface area contributed by atoms with Crippen LogP contribution in [0.3, 0.4) is 0 Å². The molecule has 0 aromatic heterocycles. The van der Waals surface area contributed by atoms with Crippen molar-refractivity contribution in [2.45, 2.75) is 13.0 Å². The van der Waals surface area contributed by atoms with E-state index in [0.717, 1.165) is 28.2 Å². The van der Waals surface area contributed by atoms with Crippen LogP contribution in [0.2, 0.25) is 0 Å². The van der Waals surface area contributed by atoms with E-state index in [9.17, 15) is 0 Å². The largest absolute Gasteiger partial charge is 0.497 e. The van der Waals surface area contributed by atoms with Crippen LogP contribution in [0, 0.1) is 0 Å². The monoisotopic (exact) mass is 257 g/mol. The first-order chi connectivity index (χ1) is 9.15. The Bertz CT molecular complexity index is 542. The molecule has 0 saturated carbocycles. The molecule has 0 radical (unpaired) electrons. The van der Waals surface area contributed by atoms with Crippen LogP contribution in [0.15, 0.2) is 42.5 Å². The molecular weight excluding hydrogens is 238 g/mol. The molecule has 2 aromatic carbocycles. The zero-order chi connectivity index (χ0) is 13.8. The summed E-state index contributed by atoms with van der Waals surface area (Å²) in [5, 5.41) is 0. The highest BCUT2D eigenvalue weighted by Crippen LogP contribution is 2.33. The van der Waals surface area contributed by atoms with Crippen LogP contribution in [0.1, 0.15) is 18.5 Å². The fourth-order valence-electron chi connectivity index (χ4n) is 2.12. The van der Waals surface area contributed by atoms with Crippen molar-refractivity contribution in [1.82, 2.24) is 0 Å². The molecule has 100 valence electrons. The molecule has 3 nitrogen and oxygen atoms in total. The first kappa shape index (κ1) is 13.4. The normalized spacial score (nSPS) is 12.0. The van der Waals surface area contributed by atoms with Gasteiger partial charge in [0.1, 0.15) is 11.5 Å². The van der Waals surface area contributed by atoms with Crippen molar-refractivity contribution in [1.29, 1.82) is 0 Å². The fourth-order valence-corrected chi connectivity index (χ4v) is 2.12. The summed E-state index contributed by atoms with van der Waals surface area (Å²) in [4.78, 5) is 0. The second-order valence-electron chi connectivity index (χ2n) is 4.48. The van der Waals surface area contributed by atoms with E-state index in [1.165, 1.54) is 0 Å². The van der Waals surface area contributed by atoms with Crippen molar-refractivity contribution < 1.29 is 9.47 Å². The van der Waals surface area contributed by atoms with Gasteiger partial charge in [-0.15, -0.1) is 0 Å². The van der Waals surface area contributed by atoms with Gasteiger partial charge in [-0.3, -0.25) is 0 Å². The summed E-state index contributed by atoms with van der Waals surface area (Å²) in [7, 11) is 3.30. The zero-order valence-electron chi connectivity index (χ0n) is 11.5. The molecule has 0 aliphatic rings. The molecule has 3 heteroatoms. The molecule has 0 bridgehead atoms. The molecule has 0 spiro atoms. The minimum Gasteiger partial charge on any atom is -0.497 e. The minimum absolute atomic E-state index is 0.0200. The lowest BCUT2D eigenvalue weighted by Gasteiger charge is -2.14. The van der Waals surface area contributed by atoms with Gasteiger partial charge in [0.25, 0.3) is 0 Å².